The van der Waals surface area contributed by atoms with Crippen molar-refractivity contribution in [3.63, 3.8) is 0 Å². The first-order valence-electron chi connectivity index (χ1n) is 9.43. The minimum Gasteiger partial charge on any atom is -0.497 e. The number of hydrogen-bond acceptors (Lipinski definition) is 4. The molecular weight excluding hydrogens is 364 g/mol. The maximum absolute atomic E-state index is 5.75. The Morgan fingerprint density at radius 3 is 2.07 bits per heavy atom. The summed E-state index contributed by atoms with van der Waals surface area (Å²) in [4.78, 5) is 8.63. The van der Waals surface area contributed by atoms with E-state index in [1.807, 2.05) is 36.4 Å². The molecule has 6 nitrogen and oxygen atoms in total. The molecule has 2 N–H and O–H groups in total. The molecule has 0 saturated carbocycles. The van der Waals surface area contributed by atoms with Gasteiger partial charge in [0.15, 0.2) is 5.96 Å². The molecule has 0 atom stereocenters. The summed E-state index contributed by atoms with van der Waals surface area (Å²) in [6.07, 6.45) is 1.79. The maximum Gasteiger partial charge on any atom is 0.219 e. The molecule has 0 spiro atoms. The zero-order chi connectivity index (χ0) is 20.5. The molecule has 0 radical (unpaired) electrons. The van der Waals surface area contributed by atoms with Crippen LogP contribution in [0.3, 0.4) is 0 Å². The number of guanidine groups is 1. The second-order valence-electron chi connectivity index (χ2n) is 6.55. The Morgan fingerprint density at radius 2 is 1.48 bits per heavy atom. The van der Waals surface area contributed by atoms with Gasteiger partial charge in [0.05, 0.1) is 7.11 Å². The zero-order valence-electron chi connectivity index (χ0n) is 17.0. The van der Waals surface area contributed by atoms with Crippen molar-refractivity contribution in [2.75, 3.05) is 14.2 Å². The predicted molar refractivity (Wildman–Crippen MR) is 116 cm³/mol. The molecule has 1 aromatic heterocycles. The van der Waals surface area contributed by atoms with Crippen molar-refractivity contribution in [3.8, 4) is 17.4 Å². The van der Waals surface area contributed by atoms with E-state index in [1.54, 1.807) is 20.4 Å². The summed E-state index contributed by atoms with van der Waals surface area (Å²) in [6, 6.07) is 19.7. The predicted octanol–water partition coefficient (Wildman–Crippen LogP) is 4.06. The van der Waals surface area contributed by atoms with E-state index in [-0.39, 0.29) is 0 Å². The van der Waals surface area contributed by atoms with E-state index in [0.717, 1.165) is 17.3 Å². The second kappa shape index (κ2) is 10.1. The number of aryl methyl sites for hydroxylation is 1. The van der Waals surface area contributed by atoms with Crippen LogP contribution in [-0.4, -0.2) is 25.1 Å². The third-order valence-corrected chi connectivity index (χ3v) is 4.34. The molecule has 0 unspecified atom stereocenters. The number of rotatable bonds is 7. The van der Waals surface area contributed by atoms with Crippen LogP contribution in [0.1, 0.15) is 16.7 Å². The first kappa shape index (κ1) is 20.2. The van der Waals surface area contributed by atoms with Crippen molar-refractivity contribution >= 4 is 5.96 Å². The largest absolute Gasteiger partial charge is 0.497 e. The zero-order valence-corrected chi connectivity index (χ0v) is 17.0. The molecule has 1 heterocycles. The minimum absolute atomic E-state index is 0.542. The van der Waals surface area contributed by atoms with Gasteiger partial charge in [-0.2, -0.15) is 0 Å². The van der Waals surface area contributed by atoms with Crippen LogP contribution in [-0.2, 0) is 13.1 Å². The quantitative estimate of drug-likeness (QED) is 0.470. The normalized spacial score (nSPS) is 11.1. The van der Waals surface area contributed by atoms with Crippen molar-refractivity contribution < 1.29 is 9.47 Å². The van der Waals surface area contributed by atoms with Crippen molar-refractivity contribution in [2.45, 2.75) is 20.0 Å². The van der Waals surface area contributed by atoms with E-state index in [0.29, 0.717) is 24.7 Å². The Morgan fingerprint density at radius 1 is 0.862 bits per heavy atom. The first-order valence-corrected chi connectivity index (χ1v) is 9.43. The third kappa shape index (κ3) is 6.24. The number of hydrogen-bond donors (Lipinski definition) is 2. The van der Waals surface area contributed by atoms with E-state index in [9.17, 15) is 0 Å². The van der Waals surface area contributed by atoms with E-state index in [2.05, 4.69) is 51.8 Å². The van der Waals surface area contributed by atoms with Crippen LogP contribution in [0.15, 0.2) is 71.9 Å². The van der Waals surface area contributed by atoms with Gasteiger partial charge in [-0.05, 0) is 42.3 Å². The van der Waals surface area contributed by atoms with E-state index < -0.39 is 0 Å². The SMILES string of the molecule is CN=C(NCc1ccc(C)cc1)NCc1ccc(Oc2ccc(OC)cc2)nc1. The fraction of sp³-hybridized carbons (Fsp3) is 0.217. The van der Waals surface area contributed by atoms with Crippen LogP contribution < -0.4 is 20.1 Å². The average molecular weight is 390 g/mol. The smallest absolute Gasteiger partial charge is 0.219 e. The fourth-order valence-electron chi connectivity index (χ4n) is 2.64. The van der Waals surface area contributed by atoms with Gasteiger partial charge in [0, 0.05) is 32.4 Å². The van der Waals surface area contributed by atoms with Gasteiger partial charge in [-0.15, -0.1) is 0 Å². The molecule has 0 aliphatic carbocycles. The van der Waals surface area contributed by atoms with E-state index >= 15 is 0 Å². The summed E-state index contributed by atoms with van der Waals surface area (Å²) in [5.41, 5.74) is 3.49. The van der Waals surface area contributed by atoms with Gasteiger partial charge in [0.2, 0.25) is 5.88 Å². The van der Waals surface area contributed by atoms with E-state index in [1.165, 1.54) is 11.1 Å². The Balaban J connectivity index is 1.48. The van der Waals surface area contributed by atoms with Gasteiger partial charge in [-0.1, -0.05) is 35.9 Å². The summed E-state index contributed by atoms with van der Waals surface area (Å²) in [6.45, 7) is 3.41. The third-order valence-electron chi connectivity index (χ3n) is 4.34. The summed E-state index contributed by atoms with van der Waals surface area (Å²) >= 11 is 0. The van der Waals surface area contributed by atoms with Crippen LogP contribution in [0, 0.1) is 6.92 Å². The number of pyridine rings is 1. The highest BCUT2D eigenvalue weighted by molar-refractivity contribution is 5.79. The molecule has 150 valence electrons. The highest BCUT2D eigenvalue weighted by Crippen LogP contribution is 2.22. The summed E-state index contributed by atoms with van der Waals surface area (Å²) < 4.78 is 10.9. The van der Waals surface area contributed by atoms with Crippen molar-refractivity contribution in [2.24, 2.45) is 4.99 Å². The first-order chi connectivity index (χ1) is 14.2. The molecule has 0 aliphatic rings. The lowest BCUT2D eigenvalue weighted by atomic mass is 10.1. The average Bonchev–Trinajstić information content (AvgIpc) is 2.76. The highest BCUT2D eigenvalue weighted by Gasteiger charge is 2.02. The Hall–Kier alpha value is -3.54. The number of benzene rings is 2. The molecule has 2 aromatic carbocycles. The number of aliphatic imine (C=N–C) groups is 1. The molecule has 0 amide bonds. The van der Waals surface area contributed by atoms with Crippen LogP contribution in [0.2, 0.25) is 0 Å². The fourth-order valence-corrected chi connectivity index (χ4v) is 2.64. The Bertz CT molecular complexity index is 921. The summed E-state index contributed by atoms with van der Waals surface area (Å²) in [5, 5.41) is 6.61. The lowest BCUT2D eigenvalue weighted by Crippen LogP contribution is -2.36. The standard InChI is InChI=1S/C23H26N4O2/c1-17-4-6-18(7-5-17)14-26-23(24-2)27-16-19-8-13-22(25-15-19)29-21-11-9-20(28-3)10-12-21/h4-13,15H,14,16H2,1-3H3,(H2,24,26,27). The topological polar surface area (TPSA) is 67.8 Å². The Labute approximate surface area is 171 Å². The number of nitrogens with zero attached hydrogens (tertiary/aromatic N) is 2. The number of methoxy groups -OCH3 is 1. The number of nitrogens with one attached hydrogen (secondary N) is 2. The molecule has 0 saturated heterocycles. The highest BCUT2D eigenvalue weighted by atomic mass is 16.5. The molecule has 0 bridgehead atoms. The molecular formula is C23H26N4O2. The van der Waals surface area contributed by atoms with Crippen molar-refractivity contribution in [1.82, 2.24) is 15.6 Å². The molecule has 0 aliphatic heterocycles. The monoisotopic (exact) mass is 390 g/mol. The summed E-state index contributed by atoms with van der Waals surface area (Å²) in [7, 11) is 3.39. The van der Waals surface area contributed by atoms with Gasteiger partial charge in [-0.3, -0.25) is 4.99 Å². The molecule has 3 rings (SSSR count). The van der Waals surface area contributed by atoms with Crippen LogP contribution >= 0.6 is 0 Å². The Kier molecular flexibility index (Phi) is 7.05. The number of aromatic nitrogens is 1. The van der Waals surface area contributed by atoms with E-state index in [4.69, 9.17) is 9.47 Å². The van der Waals surface area contributed by atoms with Gasteiger partial charge >= 0.3 is 0 Å². The maximum atomic E-state index is 5.75. The molecule has 3 aromatic rings. The number of ether oxygens (including phenoxy) is 2. The lowest BCUT2D eigenvalue weighted by Gasteiger charge is -2.12. The molecule has 6 heteroatoms. The van der Waals surface area contributed by atoms with Gasteiger partial charge < -0.3 is 20.1 Å². The van der Waals surface area contributed by atoms with Gasteiger partial charge in [-0.25, -0.2) is 4.98 Å². The van der Waals surface area contributed by atoms with Gasteiger partial charge in [0.1, 0.15) is 11.5 Å². The minimum atomic E-state index is 0.542. The van der Waals surface area contributed by atoms with Crippen LogP contribution in [0.5, 0.6) is 17.4 Å². The van der Waals surface area contributed by atoms with Gasteiger partial charge in [0.25, 0.3) is 0 Å². The summed E-state index contributed by atoms with van der Waals surface area (Å²) in [5.74, 6) is 2.78. The van der Waals surface area contributed by atoms with Crippen molar-refractivity contribution in [3.05, 3.63) is 83.6 Å². The van der Waals surface area contributed by atoms with Crippen LogP contribution in [0.4, 0.5) is 0 Å². The molecule has 29 heavy (non-hydrogen) atoms. The molecule has 0 fully saturated rings. The van der Waals surface area contributed by atoms with Crippen molar-refractivity contribution in [1.29, 1.82) is 0 Å². The second-order valence-corrected chi connectivity index (χ2v) is 6.55. The lowest BCUT2D eigenvalue weighted by molar-refractivity contribution is 0.412. The van der Waals surface area contributed by atoms with Crippen LogP contribution in [0.25, 0.3) is 0 Å².